The average Bonchev–Trinajstić information content (AvgIpc) is 2.32. The highest BCUT2D eigenvalue weighted by molar-refractivity contribution is 5.97. The number of ether oxygens (including phenoxy) is 1. The zero-order chi connectivity index (χ0) is 13.9. The number of aryl methyl sites for hydroxylation is 1. The summed E-state index contributed by atoms with van der Waals surface area (Å²) in [5, 5.41) is 2.26. The molecule has 0 saturated heterocycles. The molecule has 1 rings (SSSR count). The van der Waals surface area contributed by atoms with Crippen LogP contribution in [-0.4, -0.2) is 25.0 Å². The van der Waals surface area contributed by atoms with Crippen LogP contribution in [0.1, 0.15) is 22.8 Å². The van der Waals surface area contributed by atoms with Gasteiger partial charge in [-0.1, -0.05) is 0 Å². The van der Waals surface area contributed by atoms with Crippen LogP contribution in [0.25, 0.3) is 0 Å². The third kappa shape index (κ3) is 3.03. The molecule has 0 heterocycles. The van der Waals surface area contributed by atoms with Crippen molar-refractivity contribution in [2.75, 3.05) is 7.11 Å². The Labute approximate surface area is 103 Å². The first-order valence-corrected chi connectivity index (χ1v) is 5.21. The van der Waals surface area contributed by atoms with E-state index in [4.69, 9.17) is 0 Å². The van der Waals surface area contributed by atoms with Gasteiger partial charge in [0.1, 0.15) is 17.7 Å². The molecule has 4 nitrogen and oxygen atoms in total. The zero-order valence-electron chi connectivity index (χ0n) is 10.2. The lowest BCUT2D eigenvalue weighted by atomic mass is 10.1. The highest BCUT2D eigenvalue weighted by Crippen LogP contribution is 2.14. The molecule has 0 aliphatic rings. The molecule has 1 N–H and O–H groups in total. The van der Waals surface area contributed by atoms with Crippen molar-refractivity contribution >= 4 is 11.9 Å². The van der Waals surface area contributed by atoms with Crippen LogP contribution < -0.4 is 5.32 Å². The number of hydrogen-bond donors (Lipinski definition) is 1. The van der Waals surface area contributed by atoms with Crippen molar-refractivity contribution in [1.82, 2.24) is 5.32 Å². The highest BCUT2D eigenvalue weighted by Gasteiger charge is 2.20. The number of amides is 1. The van der Waals surface area contributed by atoms with Crippen molar-refractivity contribution in [1.29, 1.82) is 0 Å². The topological polar surface area (TPSA) is 55.4 Å². The molecular formula is C12H13F2NO3. The Balaban J connectivity index is 2.91. The van der Waals surface area contributed by atoms with Crippen LogP contribution in [0, 0.1) is 18.6 Å². The smallest absolute Gasteiger partial charge is 0.328 e. The first-order valence-electron chi connectivity index (χ1n) is 5.21. The standard InChI is InChI=1S/C12H13F2NO3/c1-6-4-8(10(14)5-9(6)13)11(16)15-7(2)12(17)18-3/h4-5,7H,1-3H3,(H,15,16)/t7-/m1/s1. The van der Waals surface area contributed by atoms with Crippen LogP contribution in [0.2, 0.25) is 0 Å². The van der Waals surface area contributed by atoms with Gasteiger partial charge in [0.25, 0.3) is 5.91 Å². The van der Waals surface area contributed by atoms with Gasteiger partial charge in [0.15, 0.2) is 0 Å². The van der Waals surface area contributed by atoms with E-state index in [1.54, 1.807) is 0 Å². The fourth-order valence-corrected chi connectivity index (χ4v) is 1.34. The van der Waals surface area contributed by atoms with Crippen LogP contribution in [0.15, 0.2) is 12.1 Å². The number of rotatable bonds is 3. The summed E-state index contributed by atoms with van der Waals surface area (Å²) in [7, 11) is 1.17. The SMILES string of the molecule is COC(=O)[C@@H](C)NC(=O)c1cc(C)c(F)cc1F. The Kier molecular flexibility index (Phi) is 4.36. The van der Waals surface area contributed by atoms with E-state index >= 15 is 0 Å². The van der Waals surface area contributed by atoms with Crippen molar-refractivity contribution in [3.05, 3.63) is 34.9 Å². The van der Waals surface area contributed by atoms with E-state index in [0.29, 0.717) is 6.07 Å². The van der Waals surface area contributed by atoms with E-state index in [1.807, 2.05) is 0 Å². The maximum Gasteiger partial charge on any atom is 0.328 e. The molecule has 0 unspecified atom stereocenters. The fraction of sp³-hybridized carbons (Fsp3) is 0.333. The number of esters is 1. The summed E-state index contributed by atoms with van der Waals surface area (Å²) >= 11 is 0. The quantitative estimate of drug-likeness (QED) is 0.836. The van der Waals surface area contributed by atoms with Gasteiger partial charge in [0.05, 0.1) is 12.7 Å². The lowest BCUT2D eigenvalue weighted by Crippen LogP contribution is -2.39. The molecule has 1 amide bonds. The van der Waals surface area contributed by atoms with E-state index in [9.17, 15) is 18.4 Å². The molecule has 6 heteroatoms. The normalized spacial score (nSPS) is 11.8. The number of methoxy groups -OCH3 is 1. The summed E-state index contributed by atoms with van der Waals surface area (Å²) in [6.07, 6.45) is 0. The monoisotopic (exact) mass is 257 g/mol. The van der Waals surface area contributed by atoms with E-state index in [-0.39, 0.29) is 11.1 Å². The van der Waals surface area contributed by atoms with E-state index in [2.05, 4.69) is 10.1 Å². The molecule has 0 saturated carbocycles. The number of hydrogen-bond acceptors (Lipinski definition) is 3. The van der Waals surface area contributed by atoms with Gasteiger partial charge in [-0.15, -0.1) is 0 Å². The molecule has 1 atom stereocenters. The number of nitrogens with one attached hydrogen (secondary N) is 1. The van der Waals surface area contributed by atoms with Crippen molar-refractivity contribution < 1.29 is 23.1 Å². The molecule has 18 heavy (non-hydrogen) atoms. The Bertz CT molecular complexity index is 488. The molecule has 0 aromatic heterocycles. The Hall–Kier alpha value is -1.98. The first kappa shape index (κ1) is 14.1. The minimum absolute atomic E-state index is 0.146. The van der Waals surface area contributed by atoms with Crippen molar-refractivity contribution in [2.24, 2.45) is 0 Å². The summed E-state index contributed by atoms with van der Waals surface area (Å²) in [6, 6.07) is 0.809. The van der Waals surface area contributed by atoms with Crippen LogP contribution in [0.3, 0.4) is 0 Å². The average molecular weight is 257 g/mol. The second kappa shape index (κ2) is 5.57. The van der Waals surface area contributed by atoms with Crippen molar-refractivity contribution in [2.45, 2.75) is 19.9 Å². The Morgan fingerprint density at radius 1 is 1.28 bits per heavy atom. The van der Waals surface area contributed by atoms with Crippen LogP contribution in [0.5, 0.6) is 0 Å². The summed E-state index contributed by atoms with van der Waals surface area (Å²) in [5.74, 6) is -3.16. The van der Waals surface area contributed by atoms with Gasteiger partial charge in [-0.05, 0) is 25.5 Å². The Morgan fingerprint density at radius 2 is 1.89 bits per heavy atom. The molecular weight excluding hydrogens is 244 g/mol. The predicted octanol–water partition coefficient (Wildman–Crippen LogP) is 1.56. The predicted molar refractivity (Wildman–Crippen MR) is 60.0 cm³/mol. The van der Waals surface area contributed by atoms with Gasteiger partial charge in [-0.25, -0.2) is 13.6 Å². The van der Waals surface area contributed by atoms with Gasteiger partial charge in [0, 0.05) is 6.07 Å². The largest absolute Gasteiger partial charge is 0.467 e. The summed E-state index contributed by atoms with van der Waals surface area (Å²) in [5.41, 5.74) is -0.170. The van der Waals surface area contributed by atoms with Crippen LogP contribution in [0.4, 0.5) is 8.78 Å². The molecule has 98 valence electrons. The Morgan fingerprint density at radius 3 is 2.44 bits per heavy atom. The lowest BCUT2D eigenvalue weighted by Gasteiger charge is -2.12. The van der Waals surface area contributed by atoms with E-state index < -0.39 is 29.6 Å². The van der Waals surface area contributed by atoms with Crippen LogP contribution in [-0.2, 0) is 9.53 Å². The van der Waals surface area contributed by atoms with Crippen molar-refractivity contribution in [3.63, 3.8) is 0 Å². The molecule has 0 spiro atoms. The third-order valence-corrected chi connectivity index (χ3v) is 2.40. The zero-order valence-corrected chi connectivity index (χ0v) is 10.2. The molecule has 0 aliphatic carbocycles. The minimum Gasteiger partial charge on any atom is -0.467 e. The fourth-order valence-electron chi connectivity index (χ4n) is 1.34. The molecule has 0 radical (unpaired) electrons. The molecule has 1 aromatic carbocycles. The van der Waals surface area contributed by atoms with Gasteiger partial charge in [-0.2, -0.15) is 0 Å². The van der Waals surface area contributed by atoms with E-state index in [0.717, 1.165) is 6.07 Å². The molecule has 0 bridgehead atoms. The molecule has 0 aliphatic heterocycles. The second-order valence-electron chi connectivity index (χ2n) is 3.80. The second-order valence-corrected chi connectivity index (χ2v) is 3.80. The van der Waals surface area contributed by atoms with Gasteiger partial charge < -0.3 is 10.1 Å². The number of carbonyl (C=O) groups is 2. The third-order valence-electron chi connectivity index (χ3n) is 2.40. The first-order chi connectivity index (χ1) is 8.36. The lowest BCUT2D eigenvalue weighted by molar-refractivity contribution is -0.142. The number of carbonyl (C=O) groups excluding carboxylic acids is 2. The number of benzene rings is 1. The summed E-state index contributed by atoms with van der Waals surface area (Å²) in [6.45, 7) is 2.81. The molecule has 0 fully saturated rings. The van der Waals surface area contributed by atoms with Gasteiger partial charge in [0.2, 0.25) is 0 Å². The number of halogens is 2. The maximum absolute atomic E-state index is 13.4. The van der Waals surface area contributed by atoms with Gasteiger partial charge >= 0.3 is 5.97 Å². The maximum atomic E-state index is 13.4. The van der Waals surface area contributed by atoms with Crippen LogP contribution >= 0.6 is 0 Å². The summed E-state index contributed by atoms with van der Waals surface area (Å²) in [4.78, 5) is 22.8. The summed E-state index contributed by atoms with van der Waals surface area (Å²) < 4.78 is 30.8. The van der Waals surface area contributed by atoms with Crippen molar-refractivity contribution in [3.8, 4) is 0 Å². The minimum atomic E-state index is -0.979. The highest BCUT2D eigenvalue weighted by atomic mass is 19.1. The molecule has 1 aromatic rings. The van der Waals surface area contributed by atoms with Gasteiger partial charge in [-0.3, -0.25) is 4.79 Å². The van der Waals surface area contributed by atoms with E-state index in [1.165, 1.54) is 21.0 Å².